The molecule has 2 heterocycles. The third-order valence-electron chi connectivity index (χ3n) is 5.65. The van der Waals surface area contributed by atoms with Crippen LogP contribution in [0.1, 0.15) is 58.9 Å². The maximum atomic E-state index is 13.6. The van der Waals surface area contributed by atoms with Crippen LogP contribution < -0.4 is 14.8 Å². The second kappa shape index (κ2) is 12.7. The molecule has 2 aliphatic heterocycles. The molecule has 0 aliphatic carbocycles. The van der Waals surface area contributed by atoms with Gasteiger partial charge in [-0.25, -0.2) is 4.39 Å². The molecule has 30 heavy (non-hydrogen) atoms. The lowest BCUT2D eigenvalue weighted by molar-refractivity contribution is -0.122. The lowest BCUT2D eigenvalue weighted by Gasteiger charge is -2.25. The number of benzene rings is 1. The quantitative estimate of drug-likeness (QED) is 0.551. The van der Waals surface area contributed by atoms with Gasteiger partial charge in [-0.15, -0.1) is 0 Å². The summed E-state index contributed by atoms with van der Waals surface area (Å²) in [5.41, 5.74) is 1.10. The van der Waals surface area contributed by atoms with E-state index in [1.807, 2.05) is 18.2 Å². The highest BCUT2D eigenvalue weighted by Crippen LogP contribution is 2.31. The summed E-state index contributed by atoms with van der Waals surface area (Å²) in [4.78, 5) is 14.6. The van der Waals surface area contributed by atoms with E-state index < -0.39 is 6.17 Å². The van der Waals surface area contributed by atoms with Crippen LogP contribution in [0.3, 0.4) is 0 Å². The minimum Gasteiger partial charge on any atom is -0.486 e. The van der Waals surface area contributed by atoms with Crippen LogP contribution in [0, 0.1) is 0 Å². The van der Waals surface area contributed by atoms with E-state index >= 15 is 0 Å². The molecule has 1 aromatic rings. The van der Waals surface area contributed by atoms with Gasteiger partial charge in [-0.1, -0.05) is 38.7 Å². The van der Waals surface area contributed by atoms with E-state index in [0.717, 1.165) is 36.4 Å². The van der Waals surface area contributed by atoms with Gasteiger partial charge in [0.15, 0.2) is 11.5 Å². The first kappa shape index (κ1) is 24.4. The average molecular weight is 427 g/mol. The molecule has 7 heteroatoms. The Morgan fingerprint density at radius 1 is 1.23 bits per heavy atom. The van der Waals surface area contributed by atoms with Crippen molar-refractivity contribution in [2.24, 2.45) is 0 Å². The standard InChI is InChI=1S/C23H35FN2O3.H2O.H2/c1-2-3-4-5-6-7-23(27)25-20(17-26-11-10-19(24)16-26)14-18-8-9-21-22(15-18)29-13-12-28-21;;/h8-9,15,19-20H,2-7,10-14,16-17H2,1H3,(H,25,27);1H2;1H/t19-,20-;;/m0../s1. The SMILES string of the molecule is CCCCCCCC(=O)N[C@@H](Cc1ccc2c(c1)OCCO2)CN1CC[C@H](F)C1.O.[HH]. The first-order chi connectivity index (χ1) is 14.1. The molecule has 0 aromatic heterocycles. The Kier molecular flexibility index (Phi) is 10.4. The van der Waals surface area contributed by atoms with Crippen LogP contribution in [-0.4, -0.2) is 61.3 Å². The first-order valence-electron chi connectivity index (χ1n) is 11.2. The van der Waals surface area contributed by atoms with E-state index in [4.69, 9.17) is 9.47 Å². The Balaban J connectivity index is 0.00000240. The second-order valence-electron chi connectivity index (χ2n) is 8.26. The number of halogens is 1. The summed E-state index contributed by atoms with van der Waals surface area (Å²) < 4.78 is 24.9. The van der Waals surface area contributed by atoms with E-state index in [1.54, 1.807) is 0 Å². The Morgan fingerprint density at radius 3 is 2.73 bits per heavy atom. The molecule has 6 nitrogen and oxygen atoms in total. The van der Waals surface area contributed by atoms with E-state index in [2.05, 4.69) is 17.1 Å². The fourth-order valence-corrected chi connectivity index (χ4v) is 4.11. The van der Waals surface area contributed by atoms with Crippen molar-refractivity contribution in [1.82, 2.24) is 10.2 Å². The number of hydrogen-bond acceptors (Lipinski definition) is 4. The zero-order chi connectivity index (χ0) is 20.5. The Hall–Kier alpha value is -1.86. The minimum atomic E-state index is -0.751. The van der Waals surface area contributed by atoms with Crippen LogP contribution >= 0.6 is 0 Å². The predicted molar refractivity (Wildman–Crippen MR) is 118 cm³/mol. The van der Waals surface area contributed by atoms with Gasteiger partial charge in [0.2, 0.25) is 5.91 Å². The number of carbonyl (C=O) groups is 1. The molecule has 1 saturated heterocycles. The van der Waals surface area contributed by atoms with Crippen LogP contribution in [0.5, 0.6) is 11.5 Å². The summed E-state index contributed by atoms with van der Waals surface area (Å²) in [5.74, 6) is 1.63. The second-order valence-corrected chi connectivity index (χ2v) is 8.26. The number of ether oxygens (including phenoxy) is 2. The molecule has 3 N–H and O–H groups in total. The lowest BCUT2D eigenvalue weighted by atomic mass is 10.0. The van der Waals surface area contributed by atoms with Crippen molar-refractivity contribution in [2.75, 3.05) is 32.8 Å². The number of unbranched alkanes of at least 4 members (excludes halogenated alkanes) is 4. The molecule has 1 aromatic carbocycles. The van der Waals surface area contributed by atoms with E-state index in [-0.39, 0.29) is 18.9 Å². The molecule has 1 fully saturated rings. The maximum absolute atomic E-state index is 13.6. The maximum Gasteiger partial charge on any atom is 0.220 e. The molecule has 1 amide bonds. The third-order valence-corrected chi connectivity index (χ3v) is 5.65. The summed E-state index contributed by atoms with van der Waals surface area (Å²) in [6, 6.07) is 5.93. The number of likely N-dealkylation sites (tertiary alicyclic amines) is 1. The molecule has 3 rings (SSSR count). The molecule has 0 unspecified atom stereocenters. The molecule has 172 valence electrons. The Morgan fingerprint density at radius 2 is 2.00 bits per heavy atom. The largest absolute Gasteiger partial charge is 0.486 e. The molecule has 0 spiro atoms. The van der Waals surface area contributed by atoms with Crippen molar-refractivity contribution in [1.29, 1.82) is 0 Å². The molecule has 0 saturated carbocycles. The number of nitrogens with one attached hydrogen (secondary N) is 1. The number of alkyl halides is 1. The van der Waals surface area contributed by atoms with Gasteiger partial charge in [-0.3, -0.25) is 9.69 Å². The van der Waals surface area contributed by atoms with Crippen LogP contribution in [-0.2, 0) is 11.2 Å². The monoisotopic (exact) mass is 426 g/mol. The molecular weight excluding hydrogens is 387 g/mol. The van der Waals surface area contributed by atoms with Gasteiger partial charge in [0.25, 0.3) is 0 Å². The number of hydrogen-bond donors (Lipinski definition) is 1. The fourth-order valence-electron chi connectivity index (χ4n) is 4.11. The van der Waals surface area contributed by atoms with E-state index in [1.165, 1.54) is 19.3 Å². The summed E-state index contributed by atoms with van der Waals surface area (Å²) >= 11 is 0. The van der Waals surface area contributed by atoms with Crippen molar-refractivity contribution in [3.8, 4) is 11.5 Å². The van der Waals surface area contributed by atoms with Gasteiger partial charge in [0, 0.05) is 33.5 Å². The first-order valence-corrected chi connectivity index (χ1v) is 11.2. The van der Waals surface area contributed by atoms with Crippen LogP contribution in [0.25, 0.3) is 0 Å². The fraction of sp³-hybridized carbons (Fsp3) is 0.696. The van der Waals surface area contributed by atoms with Gasteiger partial charge in [-0.2, -0.15) is 0 Å². The van der Waals surface area contributed by atoms with Crippen LogP contribution in [0.4, 0.5) is 4.39 Å². The molecule has 2 atom stereocenters. The normalized spacial score (nSPS) is 19.2. The van der Waals surface area contributed by atoms with Crippen molar-refractivity contribution in [3.63, 3.8) is 0 Å². The van der Waals surface area contributed by atoms with E-state index in [0.29, 0.717) is 45.6 Å². The van der Waals surface area contributed by atoms with Gasteiger partial charge < -0.3 is 20.3 Å². The molecule has 0 radical (unpaired) electrons. The summed E-state index contributed by atoms with van der Waals surface area (Å²) in [6.45, 7) is 5.21. The van der Waals surface area contributed by atoms with E-state index in [9.17, 15) is 9.18 Å². The number of fused-ring (bicyclic) bond motifs is 1. The molecular formula is C23H39FN2O4. The van der Waals surface area contributed by atoms with Crippen molar-refractivity contribution >= 4 is 5.91 Å². The smallest absolute Gasteiger partial charge is 0.220 e. The number of carbonyl (C=O) groups excluding carboxylic acids is 1. The molecule has 0 bridgehead atoms. The van der Waals surface area contributed by atoms with Crippen LogP contribution in [0.15, 0.2) is 18.2 Å². The summed E-state index contributed by atoms with van der Waals surface area (Å²) in [5, 5.41) is 3.20. The highest BCUT2D eigenvalue weighted by Gasteiger charge is 2.25. The Labute approximate surface area is 180 Å². The average Bonchev–Trinajstić information content (AvgIpc) is 3.12. The van der Waals surface area contributed by atoms with Crippen molar-refractivity contribution < 1.29 is 25.6 Å². The van der Waals surface area contributed by atoms with Crippen molar-refractivity contribution in [3.05, 3.63) is 23.8 Å². The van der Waals surface area contributed by atoms with Crippen LogP contribution in [0.2, 0.25) is 0 Å². The summed E-state index contributed by atoms with van der Waals surface area (Å²) in [6.07, 6.45) is 6.75. The number of rotatable bonds is 11. The van der Waals surface area contributed by atoms with Gasteiger partial charge in [-0.05, 0) is 37.0 Å². The Bertz CT molecular complexity index is 664. The van der Waals surface area contributed by atoms with Gasteiger partial charge in [0.1, 0.15) is 19.4 Å². The predicted octanol–water partition coefficient (Wildman–Crippen LogP) is 3.31. The summed E-state index contributed by atoms with van der Waals surface area (Å²) in [7, 11) is 0. The highest BCUT2D eigenvalue weighted by atomic mass is 19.1. The topological polar surface area (TPSA) is 82.3 Å². The number of amides is 1. The minimum absolute atomic E-state index is 0. The lowest BCUT2D eigenvalue weighted by Crippen LogP contribution is -2.44. The van der Waals surface area contributed by atoms with Crippen molar-refractivity contribution in [2.45, 2.75) is 70.5 Å². The third kappa shape index (κ3) is 7.76. The number of nitrogens with zero attached hydrogens (tertiary/aromatic N) is 1. The van der Waals surface area contributed by atoms with Gasteiger partial charge in [0.05, 0.1) is 0 Å². The zero-order valence-corrected chi connectivity index (χ0v) is 18.1. The van der Waals surface area contributed by atoms with Gasteiger partial charge >= 0.3 is 0 Å². The zero-order valence-electron chi connectivity index (χ0n) is 18.1. The molecule has 2 aliphatic rings. The highest BCUT2D eigenvalue weighted by molar-refractivity contribution is 5.76.